The maximum Gasteiger partial charge on any atom is 0.257 e. The van der Waals surface area contributed by atoms with Crippen LogP contribution in [0.1, 0.15) is 78.7 Å². The summed E-state index contributed by atoms with van der Waals surface area (Å²) in [6.45, 7) is 6.99. The van der Waals surface area contributed by atoms with E-state index in [0.717, 1.165) is 5.56 Å². The Labute approximate surface area is 251 Å². The number of benzene rings is 3. The van der Waals surface area contributed by atoms with Crippen LogP contribution in [0.25, 0.3) is 0 Å². The number of fused-ring (bicyclic) bond motifs is 1. The van der Waals surface area contributed by atoms with Crippen molar-refractivity contribution in [3.05, 3.63) is 104 Å². The quantitative estimate of drug-likeness (QED) is 0.286. The average molecular weight is 601 g/mol. The minimum Gasteiger partial charge on any atom is -0.385 e. The Hall–Kier alpha value is -2.48. The zero-order valence-electron chi connectivity index (χ0n) is 23.8. The highest BCUT2D eigenvalue weighted by molar-refractivity contribution is 6.30. The maximum atomic E-state index is 16.7. The van der Waals surface area contributed by atoms with Gasteiger partial charge in [0.25, 0.3) is 5.91 Å². The third-order valence-electron chi connectivity index (χ3n) is 8.81. The van der Waals surface area contributed by atoms with Crippen LogP contribution in [0.5, 0.6) is 0 Å². The Morgan fingerprint density at radius 3 is 2.20 bits per heavy atom. The molecule has 2 aliphatic heterocycles. The van der Waals surface area contributed by atoms with Crippen molar-refractivity contribution in [3.63, 3.8) is 0 Å². The molecule has 3 aromatic rings. The van der Waals surface area contributed by atoms with Crippen molar-refractivity contribution in [1.29, 1.82) is 0 Å². The maximum absolute atomic E-state index is 16.7. The molecule has 2 heterocycles. The fourth-order valence-corrected chi connectivity index (χ4v) is 7.01. The lowest BCUT2D eigenvalue weighted by Gasteiger charge is -2.44. The predicted octanol–water partition coefficient (Wildman–Crippen LogP) is 7.86. The van der Waals surface area contributed by atoms with Crippen LogP contribution in [0.15, 0.2) is 60.7 Å². The van der Waals surface area contributed by atoms with Gasteiger partial charge in [-0.15, -0.1) is 0 Å². The fraction of sp³-hybridized carbons (Fsp3) is 0.424. The van der Waals surface area contributed by atoms with E-state index in [1.54, 1.807) is 47.4 Å². The first-order chi connectivity index (χ1) is 19.6. The molecule has 1 saturated heterocycles. The third-order valence-corrected chi connectivity index (χ3v) is 9.31. The van der Waals surface area contributed by atoms with Gasteiger partial charge in [0.05, 0.1) is 22.8 Å². The molecule has 0 saturated carbocycles. The first-order valence-electron chi connectivity index (χ1n) is 14.1. The monoisotopic (exact) mass is 599 g/mol. The van der Waals surface area contributed by atoms with E-state index in [4.69, 9.17) is 32.7 Å². The molecule has 2 aliphatic rings. The summed E-state index contributed by atoms with van der Waals surface area (Å²) in [6.07, 6.45) is 1.68. The molecule has 218 valence electrons. The SMILES string of the molecule is CC[C@@](O)(c1cc(F)c2c(c1)C(=O)N([C@H](c1ccc(Cl)cc1)C(C)C)[C@@]2(OC)c1ccc(Cl)cc1)C1CCOCC1. The number of halogens is 3. The van der Waals surface area contributed by atoms with E-state index in [2.05, 4.69) is 0 Å². The lowest BCUT2D eigenvalue weighted by molar-refractivity contribution is -0.109. The minimum absolute atomic E-state index is 0.0754. The molecule has 0 aromatic heterocycles. The third kappa shape index (κ3) is 4.98. The molecule has 41 heavy (non-hydrogen) atoms. The summed E-state index contributed by atoms with van der Waals surface area (Å²) in [5, 5.41) is 13.0. The van der Waals surface area contributed by atoms with Gasteiger partial charge in [-0.25, -0.2) is 4.39 Å². The number of nitrogens with zero attached hydrogens (tertiary/aromatic N) is 1. The van der Waals surface area contributed by atoms with Crippen molar-refractivity contribution >= 4 is 29.1 Å². The summed E-state index contributed by atoms with van der Waals surface area (Å²) in [7, 11) is 1.49. The van der Waals surface area contributed by atoms with Crippen LogP contribution in [-0.4, -0.2) is 36.2 Å². The summed E-state index contributed by atoms with van der Waals surface area (Å²) >= 11 is 12.5. The van der Waals surface area contributed by atoms with Crippen LogP contribution in [0.2, 0.25) is 10.0 Å². The Bertz CT molecular complexity index is 1410. The molecule has 3 atom stereocenters. The molecule has 8 heteroatoms. The van der Waals surface area contributed by atoms with E-state index >= 15 is 4.39 Å². The second-order valence-electron chi connectivity index (χ2n) is 11.3. The number of ether oxygens (including phenoxy) is 2. The topological polar surface area (TPSA) is 59.0 Å². The minimum atomic E-state index is -1.59. The molecule has 5 rings (SSSR count). The molecule has 0 bridgehead atoms. The van der Waals surface area contributed by atoms with E-state index in [9.17, 15) is 9.90 Å². The summed E-state index contributed by atoms with van der Waals surface area (Å²) in [5.41, 5.74) is -0.788. The number of hydrogen-bond acceptors (Lipinski definition) is 4. The second-order valence-corrected chi connectivity index (χ2v) is 12.2. The van der Waals surface area contributed by atoms with Crippen molar-refractivity contribution in [2.75, 3.05) is 20.3 Å². The number of aliphatic hydroxyl groups is 1. The number of rotatable bonds is 8. The van der Waals surface area contributed by atoms with Gasteiger partial charge in [0.1, 0.15) is 5.82 Å². The molecule has 0 unspecified atom stereocenters. The van der Waals surface area contributed by atoms with Crippen LogP contribution in [0.3, 0.4) is 0 Å². The molecule has 1 amide bonds. The predicted molar refractivity (Wildman–Crippen MR) is 159 cm³/mol. The Morgan fingerprint density at radius 2 is 1.66 bits per heavy atom. The number of methoxy groups -OCH3 is 1. The highest BCUT2D eigenvalue weighted by Gasteiger charge is 2.57. The van der Waals surface area contributed by atoms with Crippen molar-refractivity contribution in [2.24, 2.45) is 11.8 Å². The molecule has 0 radical (unpaired) electrons. The molecule has 1 N–H and O–H groups in total. The number of carbonyl (C=O) groups is 1. The standard InChI is InChI=1S/C33H36Cl2FNO4/c1-5-32(39,22-14-16-41-17-15-22)24-18-27-29(28(36)19-24)33(40-4,23-8-12-26(35)13-9-23)37(31(27)38)30(20(2)3)21-6-10-25(34)11-7-21/h6-13,18-20,22,30,39H,5,14-17H2,1-4H3/t30-,32-,33+/m0/s1. The van der Waals surface area contributed by atoms with Gasteiger partial charge in [-0.2, -0.15) is 0 Å². The van der Waals surface area contributed by atoms with Gasteiger partial charge < -0.3 is 14.6 Å². The molecule has 5 nitrogen and oxygen atoms in total. The van der Waals surface area contributed by atoms with Crippen molar-refractivity contribution < 1.29 is 23.8 Å². The lowest BCUT2D eigenvalue weighted by Crippen LogP contribution is -2.49. The number of hydrogen-bond donors (Lipinski definition) is 1. The van der Waals surface area contributed by atoms with E-state index in [1.165, 1.54) is 13.2 Å². The van der Waals surface area contributed by atoms with E-state index in [-0.39, 0.29) is 28.9 Å². The number of amides is 1. The van der Waals surface area contributed by atoms with Crippen LogP contribution in [0, 0.1) is 17.7 Å². The summed E-state index contributed by atoms with van der Waals surface area (Å²) in [5.74, 6) is -1.18. The highest BCUT2D eigenvalue weighted by atomic mass is 35.5. The van der Waals surface area contributed by atoms with Crippen LogP contribution in [-0.2, 0) is 20.8 Å². The smallest absolute Gasteiger partial charge is 0.257 e. The van der Waals surface area contributed by atoms with Gasteiger partial charge in [0, 0.05) is 35.9 Å². The Morgan fingerprint density at radius 1 is 1.07 bits per heavy atom. The van der Waals surface area contributed by atoms with Gasteiger partial charge in [0.15, 0.2) is 5.72 Å². The van der Waals surface area contributed by atoms with Crippen LogP contribution >= 0.6 is 23.2 Å². The zero-order valence-corrected chi connectivity index (χ0v) is 25.3. The van der Waals surface area contributed by atoms with Gasteiger partial charge >= 0.3 is 0 Å². The van der Waals surface area contributed by atoms with E-state index in [1.807, 2.05) is 32.9 Å². The summed E-state index contributed by atoms with van der Waals surface area (Å²) < 4.78 is 28.5. The second kappa shape index (κ2) is 11.7. The lowest BCUT2D eigenvalue weighted by atomic mass is 9.74. The molecule has 3 aromatic carbocycles. The normalized spacial score (nSPS) is 21.7. The Balaban J connectivity index is 1.77. The van der Waals surface area contributed by atoms with Gasteiger partial charge in [0.2, 0.25) is 0 Å². The van der Waals surface area contributed by atoms with Crippen LogP contribution < -0.4 is 0 Å². The van der Waals surface area contributed by atoms with Crippen LogP contribution in [0.4, 0.5) is 4.39 Å². The van der Waals surface area contributed by atoms with Gasteiger partial charge in [-0.1, -0.05) is 68.2 Å². The molecular formula is C33H36Cl2FNO4. The van der Waals surface area contributed by atoms with Crippen molar-refractivity contribution in [1.82, 2.24) is 4.90 Å². The van der Waals surface area contributed by atoms with Gasteiger partial charge in [-0.3, -0.25) is 9.69 Å². The zero-order chi connectivity index (χ0) is 29.5. The number of carbonyl (C=O) groups excluding carboxylic acids is 1. The van der Waals surface area contributed by atoms with E-state index in [0.29, 0.717) is 53.6 Å². The average Bonchev–Trinajstić information content (AvgIpc) is 3.23. The molecule has 0 spiro atoms. The van der Waals surface area contributed by atoms with Crippen molar-refractivity contribution in [3.8, 4) is 0 Å². The molecular weight excluding hydrogens is 564 g/mol. The Kier molecular flexibility index (Phi) is 8.53. The summed E-state index contributed by atoms with van der Waals surface area (Å²) in [4.78, 5) is 16.3. The van der Waals surface area contributed by atoms with Gasteiger partial charge in [-0.05, 0) is 78.6 Å². The first kappa shape index (κ1) is 30.0. The first-order valence-corrected chi connectivity index (χ1v) is 14.9. The van der Waals surface area contributed by atoms with E-state index < -0.39 is 23.2 Å². The largest absolute Gasteiger partial charge is 0.385 e. The molecule has 0 aliphatic carbocycles. The fourth-order valence-electron chi connectivity index (χ4n) is 6.76. The van der Waals surface area contributed by atoms with Crippen molar-refractivity contribution in [2.45, 2.75) is 57.4 Å². The highest BCUT2D eigenvalue weighted by Crippen LogP contribution is 2.53. The summed E-state index contributed by atoms with van der Waals surface area (Å²) in [6, 6.07) is 16.8. The molecule has 1 fully saturated rings.